The summed E-state index contributed by atoms with van der Waals surface area (Å²) in [6.07, 6.45) is 1.32. The van der Waals surface area contributed by atoms with E-state index in [0.29, 0.717) is 21.8 Å². The van der Waals surface area contributed by atoms with Gasteiger partial charge in [0.2, 0.25) is 0 Å². The Bertz CT molecular complexity index is 340. The number of nitrogens with two attached hydrogens (primary N) is 2. The van der Waals surface area contributed by atoms with Gasteiger partial charge in [0.15, 0.2) is 0 Å². The third-order valence-corrected chi connectivity index (χ3v) is 2.09. The van der Waals surface area contributed by atoms with Crippen molar-refractivity contribution in [3.8, 4) is 0 Å². The van der Waals surface area contributed by atoms with Gasteiger partial charge in [0, 0.05) is 6.04 Å². The number of aliphatic imine (C=N–C) groups is 1. The van der Waals surface area contributed by atoms with Crippen LogP contribution in [-0.2, 0) is 0 Å². The Labute approximate surface area is 90.8 Å². The topological polar surface area (TPSA) is 90.2 Å². The highest BCUT2D eigenvalue weighted by molar-refractivity contribution is 9.18. The normalized spacial score (nSPS) is 12.1. The molecule has 0 spiro atoms. The number of halogens is 1. The zero-order valence-corrected chi connectivity index (χ0v) is 9.62. The molecule has 0 aliphatic rings. The van der Waals surface area contributed by atoms with E-state index < -0.39 is 0 Å². The summed E-state index contributed by atoms with van der Waals surface area (Å²) < 4.78 is 0.586. The van der Waals surface area contributed by atoms with Gasteiger partial charge in [0.05, 0.1) is 5.56 Å². The molecule has 1 rings (SSSR count). The maximum Gasteiger partial charge on any atom is 0.138 e. The van der Waals surface area contributed by atoms with Crippen LogP contribution in [0.1, 0.15) is 19.4 Å². The number of nitrogen functional groups attached to an aromatic ring is 2. The highest BCUT2D eigenvalue weighted by Gasteiger charge is 2.11. The first kappa shape index (κ1) is 10.9. The van der Waals surface area contributed by atoms with Crippen molar-refractivity contribution in [1.82, 2.24) is 9.97 Å². The van der Waals surface area contributed by atoms with E-state index in [-0.39, 0.29) is 6.04 Å². The zero-order valence-electron chi connectivity index (χ0n) is 8.03. The summed E-state index contributed by atoms with van der Waals surface area (Å²) in [4.78, 5) is 12.0. The lowest BCUT2D eigenvalue weighted by Gasteiger charge is -2.06. The second-order valence-electron chi connectivity index (χ2n) is 3.03. The van der Waals surface area contributed by atoms with E-state index in [2.05, 4.69) is 30.9 Å². The Hall–Kier alpha value is -1.17. The molecule has 0 saturated heterocycles. The quantitative estimate of drug-likeness (QED) is 0.779. The molecule has 1 aromatic heterocycles. The molecule has 1 aromatic rings. The highest BCUT2D eigenvalue weighted by Crippen LogP contribution is 2.18. The van der Waals surface area contributed by atoms with Gasteiger partial charge in [-0.1, -0.05) is 0 Å². The van der Waals surface area contributed by atoms with Crippen molar-refractivity contribution in [3.63, 3.8) is 0 Å². The van der Waals surface area contributed by atoms with Crippen LogP contribution in [0.4, 0.5) is 11.6 Å². The molecule has 0 aromatic carbocycles. The van der Waals surface area contributed by atoms with E-state index in [1.807, 2.05) is 13.8 Å². The fraction of sp³-hybridized carbons (Fsp3) is 0.375. The maximum atomic E-state index is 5.66. The van der Waals surface area contributed by atoms with Crippen LogP contribution in [-0.4, -0.2) is 20.6 Å². The molecule has 14 heavy (non-hydrogen) atoms. The summed E-state index contributed by atoms with van der Waals surface area (Å²) in [6, 6.07) is 0.156. The first-order chi connectivity index (χ1) is 6.52. The van der Waals surface area contributed by atoms with Crippen molar-refractivity contribution >= 4 is 32.2 Å². The number of hydrogen-bond donors (Lipinski definition) is 2. The molecular weight excluding hydrogens is 246 g/mol. The molecular formula is C8H12BrN5. The van der Waals surface area contributed by atoms with Gasteiger partial charge in [-0.2, -0.15) is 0 Å². The van der Waals surface area contributed by atoms with Gasteiger partial charge in [-0.25, -0.2) is 9.97 Å². The van der Waals surface area contributed by atoms with Crippen molar-refractivity contribution in [1.29, 1.82) is 0 Å². The van der Waals surface area contributed by atoms with Crippen LogP contribution in [0.3, 0.4) is 0 Å². The minimum absolute atomic E-state index is 0.156. The number of rotatable bonds is 2. The van der Waals surface area contributed by atoms with E-state index in [4.69, 9.17) is 11.5 Å². The number of hydrogen-bond acceptors (Lipinski definition) is 5. The summed E-state index contributed by atoms with van der Waals surface area (Å²) >= 11 is 3.30. The molecule has 0 aliphatic carbocycles. The Kier molecular flexibility index (Phi) is 3.40. The van der Waals surface area contributed by atoms with Gasteiger partial charge >= 0.3 is 0 Å². The van der Waals surface area contributed by atoms with E-state index in [1.165, 1.54) is 6.33 Å². The van der Waals surface area contributed by atoms with Gasteiger partial charge < -0.3 is 11.5 Å². The molecule has 6 heteroatoms. The predicted molar refractivity (Wildman–Crippen MR) is 61.5 cm³/mol. The Morgan fingerprint density at radius 2 is 1.86 bits per heavy atom. The van der Waals surface area contributed by atoms with Crippen LogP contribution in [0.2, 0.25) is 0 Å². The van der Waals surface area contributed by atoms with Crippen molar-refractivity contribution in [2.45, 2.75) is 19.9 Å². The summed E-state index contributed by atoms with van der Waals surface area (Å²) in [5, 5.41) is 0. The van der Waals surface area contributed by atoms with Crippen molar-refractivity contribution in [2.24, 2.45) is 4.99 Å². The number of nitrogens with zero attached hydrogens (tertiary/aromatic N) is 3. The third-order valence-electron chi connectivity index (χ3n) is 1.48. The third kappa shape index (κ3) is 2.41. The fourth-order valence-electron chi connectivity index (χ4n) is 0.916. The molecule has 0 fully saturated rings. The second-order valence-corrected chi connectivity index (χ2v) is 3.78. The van der Waals surface area contributed by atoms with Gasteiger partial charge in [-0.3, -0.25) is 4.99 Å². The van der Waals surface area contributed by atoms with Crippen LogP contribution >= 0.6 is 15.9 Å². The molecule has 0 atom stereocenters. The van der Waals surface area contributed by atoms with Gasteiger partial charge in [-0.15, -0.1) is 0 Å². The average molecular weight is 258 g/mol. The summed E-state index contributed by atoms with van der Waals surface area (Å²) in [5.74, 6) is 0.655. The molecule has 0 saturated carbocycles. The zero-order chi connectivity index (χ0) is 10.7. The van der Waals surface area contributed by atoms with Crippen molar-refractivity contribution < 1.29 is 0 Å². The summed E-state index contributed by atoms with van der Waals surface area (Å²) in [7, 11) is 0. The van der Waals surface area contributed by atoms with Crippen LogP contribution in [0.15, 0.2) is 11.3 Å². The number of aromatic nitrogens is 2. The molecule has 5 nitrogen and oxygen atoms in total. The lowest BCUT2D eigenvalue weighted by Crippen LogP contribution is -2.09. The first-order valence-electron chi connectivity index (χ1n) is 4.12. The molecule has 0 bridgehead atoms. The standard InChI is InChI=1S/C8H12BrN5/c1-4(2)14-6(9)5-7(10)12-3-13-8(5)11/h3-4H,1-2H3,(H4,10,11,12,13). The lowest BCUT2D eigenvalue weighted by molar-refractivity contribution is 0.840. The van der Waals surface area contributed by atoms with Gasteiger partial charge in [-0.05, 0) is 29.8 Å². The fourth-order valence-corrected chi connectivity index (χ4v) is 1.73. The van der Waals surface area contributed by atoms with Crippen LogP contribution in [0, 0.1) is 0 Å². The minimum atomic E-state index is 0.156. The summed E-state index contributed by atoms with van der Waals surface area (Å²) in [6.45, 7) is 3.91. The highest BCUT2D eigenvalue weighted by atomic mass is 79.9. The van der Waals surface area contributed by atoms with Gasteiger partial charge in [0.25, 0.3) is 0 Å². The second kappa shape index (κ2) is 4.36. The molecule has 0 amide bonds. The molecule has 0 radical (unpaired) electrons. The molecule has 0 unspecified atom stereocenters. The lowest BCUT2D eigenvalue weighted by atomic mass is 10.3. The average Bonchev–Trinajstić information content (AvgIpc) is 2.01. The predicted octanol–water partition coefficient (Wildman–Crippen LogP) is 1.19. The Morgan fingerprint density at radius 3 is 2.29 bits per heavy atom. The first-order valence-corrected chi connectivity index (χ1v) is 4.91. The minimum Gasteiger partial charge on any atom is -0.383 e. The molecule has 1 heterocycles. The van der Waals surface area contributed by atoms with E-state index in [0.717, 1.165) is 0 Å². The van der Waals surface area contributed by atoms with Crippen LogP contribution in [0.5, 0.6) is 0 Å². The number of anilines is 2. The van der Waals surface area contributed by atoms with Crippen molar-refractivity contribution in [3.05, 3.63) is 11.9 Å². The summed E-state index contributed by atoms with van der Waals surface area (Å²) in [5.41, 5.74) is 11.9. The van der Waals surface area contributed by atoms with Crippen molar-refractivity contribution in [2.75, 3.05) is 11.5 Å². The van der Waals surface area contributed by atoms with E-state index in [9.17, 15) is 0 Å². The monoisotopic (exact) mass is 257 g/mol. The van der Waals surface area contributed by atoms with Crippen LogP contribution < -0.4 is 11.5 Å². The molecule has 4 N–H and O–H groups in total. The SMILES string of the molecule is CC(C)N=C(Br)c1c(N)ncnc1N. The Balaban J connectivity index is 3.18. The maximum absolute atomic E-state index is 5.66. The van der Waals surface area contributed by atoms with Crippen LogP contribution in [0.25, 0.3) is 0 Å². The smallest absolute Gasteiger partial charge is 0.138 e. The molecule has 0 aliphatic heterocycles. The van der Waals surface area contributed by atoms with E-state index >= 15 is 0 Å². The largest absolute Gasteiger partial charge is 0.383 e. The van der Waals surface area contributed by atoms with Gasteiger partial charge in [0.1, 0.15) is 22.6 Å². The molecule has 76 valence electrons. The Morgan fingerprint density at radius 1 is 1.36 bits per heavy atom. The van der Waals surface area contributed by atoms with E-state index in [1.54, 1.807) is 0 Å².